The third-order valence-corrected chi connectivity index (χ3v) is 16.7. The number of nitrogens with one attached hydrogen (secondary N) is 6. The second kappa shape index (κ2) is 30.0. The first-order chi connectivity index (χ1) is 38.9. The van der Waals surface area contributed by atoms with Crippen LogP contribution in [0.15, 0.2) is 78.9 Å². The van der Waals surface area contributed by atoms with Crippen molar-refractivity contribution < 1.29 is 51.4 Å². The van der Waals surface area contributed by atoms with Crippen LogP contribution in [0.2, 0.25) is 0 Å². The fourth-order valence-electron chi connectivity index (χ4n) is 11.8. The number of likely N-dealkylation sites (N-methyl/N-ethyl adjacent to an activating group) is 1. The van der Waals surface area contributed by atoms with Gasteiger partial charge in [-0.3, -0.25) is 38.6 Å². The van der Waals surface area contributed by atoms with E-state index >= 15 is 0 Å². The van der Waals surface area contributed by atoms with Crippen LogP contribution in [-0.2, 0) is 56.6 Å². The van der Waals surface area contributed by atoms with Gasteiger partial charge in [-0.15, -0.1) is 37.2 Å². The third kappa shape index (κ3) is 15.6. The molecule has 0 saturated carbocycles. The van der Waals surface area contributed by atoms with Gasteiger partial charge in [0.25, 0.3) is 5.91 Å². The van der Waals surface area contributed by atoms with Crippen molar-refractivity contribution in [3.8, 4) is 0 Å². The predicted octanol–water partition coefficient (Wildman–Crippen LogP) is 6.02. The van der Waals surface area contributed by atoms with E-state index in [2.05, 4.69) is 55.5 Å². The molecule has 84 heavy (non-hydrogen) atoms. The Kier molecular flexibility index (Phi) is 24.0. The average Bonchev–Trinajstić information content (AvgIpc) is 2.57. The number of ether oxygens (including phenoxy) is 2. The number of benzene rings is 4. The molecule has 0 aromatic heterocycles. The van der Waals surface area contributed by atoms with Crippen molar-refractivity contribution in [1.82, 2.24) is 36.0 Å². The molecule has 4 aromatic carbocycles. The van der Waals surface area contributed by atoms with Crippen molar-refractivity contribution in [3.63, 3.8) is 0 Å². The third-order valence-electron chi connectivity index (χ3n) is 16.7. The molecule has 4 aromatic rings. The molecule has 3 saturated heterocycles. The van der Waals surface area contributed by atoms with E-state index in [0.29, 0.717) is 80.3 Å². The molecule has 9 rings (SSSR count). The predicted molar refractivity (Wildman–Crippen MR) is 321 cm³/mol. The molecule has 6 N–H and O–H groups in total. The first-order valence-electron chi connectivity index (χ1n) is 28.2. The minimum Gasteiger partial charge on any atom is -0.381 e. The quantitative estimate of drug-likeness (QED) is 0.0597. The highest BCUT2D eigenvalue weighted by molar-refractivity contribution is 6.03. The number of morpholine rings is 1. The van der Waals surface area contributed by atoms with Gasteiger partial charge < -0.3 is 51.2 Å². The van der Waals surface area contributed by atoms with Gasteiger partial charge >= 0.3 is 0 Å². The maximum Gasteiger partial charge on any atom is 0.252 e. The minimum absolute atomic E-state index is 0. The van der Waals surface area contributed by atoms with Crippen LogP contribution >= 0.6 is 37.2 Å². The van der Waals surface area contributed by atoms with E-state index in [1.54, 1.807) is 49.2 Å². The van der Waals surface area contributed by atoms with Gasteiger partial charge in [-0.25, -0.2) is 13.2 Å². The van der Waals surface area contributed by atoms with Gasteiger partial charge in [0.05, 0.1) is 31.2 Å². The number of amides is 6. The van der Waals surface area contributed by atoms with Crippen molar-refractivity contribution in [2.75, 3.05) is 94.8 Å². The number of carbonyl (C=O) groups is 6. The zero-order valence-electron chi connectivity index (χ0n) is 48.0. The summed E-state index contributed by atoms with van der Waals surface area (Å²) in [5.74, 6) is -5.44. The zero-order chi connectivity index (χ0) is 57.5. The lowest BCUT2D eigenvalue weighted by atomic mass is 9.83. The number of halogens is 6. The summed E-state index contributed by atoms with van der Waals surface area (Å²) in [6.45, 7) is 13.1. The van der Waals surface area contributed by atoms with Gasteiger partial charge in [-0.2, -0.15) is 0 Å². The molecular weight excluding hydrogens is 1150 g/mol. The maximum atomic E-state index is 15.0. The molecule has 5 unspecified atom stereocenters. The standard InChI is InChI=1S/C60H75F3N10O8.3ClH/c1-36-30-71(45(29-66-36)32-70-22-25-81-34-37(70)2)33-52(75)73-35-60(4,47-18-13-40(27-50(47)73)26-39-11-15-43(61)16-12-39)59(79)65-21-7-10-51(74)67-44-17-14-42-31-72(55(46(42)28-44)57(77)69-54-48(62)8-6-9-49(54)63)58(78)53(41-19-23-80-24-20-41)68-56(76)38(3)64-5;;;/h6,8-9,11-18,27-28,36-38,41,45,53,55,64,66H,7,10,19-26,29-35H2,1-5H3,(H,65,79)(H,67,74)(H,68,76)(H,69,77);3*1H/t36-,37?,38?,45-,53?,55?,60?;;;/m1.../s1. The minimum atomic E-state index is -1.42. The molecule has 6 amide bonds. The van der Waals surface area contributed by atoms with Gasteiger partial charge in [-0.1, -0.05) is 36.4 Å². The number of hydrogen-bond acceptors (Lipinski definition) is 12. The Morgan fingerprint density at radius 2 is 1.56 bits per heavy atom. The highest BCUT2D eigenvalue weighted by Crippen LogP contribution is 2.43. The molecule has 5 heterocycles. The van der Waals surface area contributed by atoms with Gasteiger partial charge in [0, 0.05) is 94.9 Å². The zero-order valence-corrected chi connectivity index (χ0v) is 50.4. The number of carbonyl (C=O) groups excluding carboxylic acids is 6. The number of fused-ring (bicyclic) bond motifs is 2. The number of hydrogen-bond donors (Lipinski definition) is 6. The van der Waals surface area contributed by atoms with E-state index in [0.717, 1.165) is 49.0 Å². The molecular formula is C60H78Cl3F3N10O8. The summed E-state index contributed by atoms with van der Waals surface area (Å²) >= 11 is 0. The summed E-state index contributed by atoms with van der Waals surface area (Å²) in [5.41, 5.74) is 2.44. The highest BCUT2D eigenvalue weighted by atomic mass is 35.5. The number of para-hydroxylation sites is 1. The van der Waals surface area contributed by atoms with Crippen LogP contribution in [0.1, 0.15) is 87.2 Å². The Morgan fingerprint density at radius 3 is 2.26 bits per heavy atom. The summed E-state index contributed by atoms with van der Waals surface area (Å²) in [6, 6.07) is 17.5. The molecule has 24 heteroatoms. The smallest absolute Gasteiger partial charge is 0.252 e. The van der Waals surface area contributed by atoms with Crippen molar-refractivity contribution >= 4 is 89.7 Å². The lowest BCUT2D eigenvalue weighted by Gasteiger charge is -2.43. The van der Waals surface area contributed by atoms with Crippen LogP contribution in [0, 0.1) is 23.4 Å². The molecule has 7 atom stereocenters. The molecule has 5 aliphatic heterocycles. The average molecular weight is 1230 g/mol. The van der Waals surface area contributed by atoms with Crippen LogP contribution in [0.25, 0.3) is 0 Å². The largest absolute Gasteiger partial charge is 0.381 e. The topological polar surface area (TPSA) is 206 Å². The summed E-state index contributed by atoms with van der Waals surface area (Å²) in [5, 5.41) is 17.6. The molecule has 5 aliphatic rings. The van der Waals surface area contributed by atoms with Crippen LogP contribution in [-0.4, -0.2) is 160 Å². The molecule has 18 nitrogen and oxygen atoms in total. The van der Waals surface area contributed by atoms with Gasteiger partial charge in [0.15, 0.2) is 0 Å². The molecule has 0 bridgehead atoms. The Morgan fingerprint density at radius 1 is 0.845 bits per heavy atom. The Bertz CT molecular complexity index is 2960. The van der Waals surface area contributed by atoms with Crippen molar-refractivity contribution in [1.29, 1.82) is 0 Å². The first-order valence-corrected chi connectivity index (χ1v) is 28.2. The van der Waals surface area contributed by atoms with Crippen molar-refractivity contribution in [2.45, 2.75) is 108 Å². The van der Waals surface area contributed by atoms with E-state index in [-0.39, 0.29) is 118 Å². The molecule has 3 fully saturated rings. The molecule has 0 aliphatic carbocycles. The molecule has 458 valence electrons. The summed E-state index contributed by atoms with van der Waals surface area (Å²) < 4.78 is 55.1. The number of piperazine rings is 1. The Balaban J connectivity index is 0.00000377. The second-order valence-electron chi connectivity index (χ2n) is 22.5. The lowest BCUT2D eigenvalue weighted by Crippen LogP contribution is -2.62. The van der Waals surface area contributed by atoms with Gasteiger partial charge in [-0.05, 0) is 137 Å². The Hall–Kier alpha value is -5.88. The van der Waals surface area contributed by atoms with Crippen LogP contribution in [0.4, 0.5) is 30.2 Å². The fourth-order valence-corrected chi connectivity index (χ4v) is 11.8. The van der Waals surface area contributed by atoms with Crippen molar-refractivity contribution in [3.05, 3.63) is 124 Å². The van der Waals surface area contributed by atoms with E-state index in [4.69, 9.17) is 9.47 Å². The van der Waals surface area contributed by atoms with Crippen LogP contribution in [0.5, 0.6) is 0 Å². The monoisotopic (exact) mass is 1230 g/mol. The Labute approximate surface area is 507 Å². The SMILES string of the molecule is CNC(C)C(=O)NC(C(=O)N1Cc2ccc(NC(=O)CCCNC(=O)C3(C)CN(C(=O)CN4C[C@@H](C)NC[C@@H]4CN4CCOCC4C)c4cc(Cc5ccc(F)cc5)ccc43)cc2C1C(=O)Nc1c(F)cccc1F)C1CCOCC1.Cl.Cl.Cl. The van der Waals surface area contributed by atoms with E-state index in [1.807, 2.05) is 25.1 Å². The van der Waals surface area contributed by atoms with Gasteiger partial charge in [0.2, 0.25) is 29.5 Å². The van der Waals surface area contributed by atoms with Crippen molar-refractivity contribution in [2.24, 2.45) is 5.92 Å². The lowest BCUT2D eigenvalue weighted by molar-refractivity contribution is -0.144. The van der Waals surface area contributed by atoms with Crippen LogP contribution in [0.3, 0.4) is 0 Å². The van der Waals surface area contributed by atoms with Gasteiger partial charge in [0.1, 0.15) is 35.2 Å². The van der Waals surface area contributed by atoms with E-state index in [1.165, 1.54) is 17.0 Å². The number of anilines is 3. The number of rotatable bonds is 19. The number of nitrogens with zero attached hydrogens (tertiary/aromatic N) is 4. The van der Waals surface area contributed by atoms with Crippen LogP contribution < -0.4 is 36.8 Å². The maximum absolute atomic E-state index is 15.0. The normalized spacial score (nSPS) is 22.2. The summed E-state index contributed by atoms with van der Waals surface area (Å²) in [7, 11) is 1.62. The highest BCUT2D eigenvalue weighted by Gasteiger charge is 2.48. The first kappa shape index (κ1) is 67.2. The second-order valence-corrected chi connectivity index (χ2v) is 22.5. The molecule has 0 spiro atoms. The summed E-state index contributed by atoms with van der Waals surface area (Å²) in [4.78, 5) is 92.9. The summed E-state index contributed by atoms with van der Waals surface area (Å²) in [6.07, 6.45) is 1.63. The fraction of sp³-hybridized carbons (Fsp3) is 0.500. The molecule has 0 radical (unpaired) electrons. The van der Waals surface area contributed by atoms with E-state index < -0.39 is 64.5 Å². The van der Waals surface area contributed by atoms with E-state index in [9.17, 15) is 41.9 Å².